The van der Waals surface area contributed by atoms with Crippen LogP contribution in [0.2, 0.25) is 0 Å². The molecule has 5 rings (SSSR count). The minimum absolute atomic E-state index is 0.00682. The maximum absolute atomic E-state index is 13.7. The molecule has 2 atom stereocenters. The quantitative estimate of drug-likeness (QED) is 0.456. The number of hydrogen-bond acceptors (Lipinski definition) is 7. The fraction of sp³-hybridized carbons (Fsp3) is 0.333. The van der Waals surface area contributed by atoms with Crippen LogP contribution in [0.4, 0.5) is 5.82 Å². The number of benzene rings is 2. The van der Waals surface area contributed by atoms with Crippen LogP contribution in [0.3, 0.4) is 0 Å². The van der Waals surface area contributed by atoms with Gasteiger partial charge in [-0.3, -0.25) is 19.8 Å². The van der Waals surface area contributed by atoms with Crippen LogP contribution in [0, 0.1) is 0 Å². The van der Waals surface area contributed by atoms with Crippen LogP contribution >= 0.6 is 0 Å². The van der Waals surface area contributed by atoms with Gasteiger partial charge in [0.2, 0.25) is 5.75 Å². The molecular weight excluding hydrogens is 462 g/mol. The molecule has 0 amide bonds. The summed E-state index contributed by atoms with van der Waals surface area (Å²) in [5.41, 5.74) is 3.46. The molecule has 1 aliphatic heterocycles. The van der Waals surface area contributed by atoms with Crippen LogP contribution in [-0.2, 0) is 4.79 Å². The highest BCUT2D eigenvalue weighted by Gasteiger charge is 2.40. The van der Waals surface area contributed by atoms with Gasteiger partial charge in [-0.2, -0.15) is 0 Å². The van der Waals surface area contributed by atoms with E-state index in [2.05, 4.69) is 15.5 Å². The van der Waals surface area contributed by atoms with Crippen LogP contribution in [0.5, 0.6) is 23.0 Å². The molecule has 0 bridgehead atoms. The van der Waals surface area contributed by atoms with Crippen molar-refractivity contribution in [3.63, 3.8) is 0 Å². The third-order valence-electron chi connectivity index (χ3n) is 6.86. The van der Waals surface area contributed by atoms with E-state index in [1.165, 1.54) is 0 Å². The third kappa shape index (κ3) is 3.90. The van der Waals surface area contributed by atoms with E-state index in [-0.39, 0.29) is 17.3 Å². The zero-order valence-electron chi connectivity index (χ0n) is 20.7. The highest BCUT2D eigenvalue weighted by molar-refractivity contribution is 6.01. The number of ether oxygens (including phenoxy) is 4. The number of aromatic amines is 2. The summed E-state index contributed by atoms with van der Waals surface area (Å²) in [6.07, 6.45) is 0.879. The predicted octanol–water partition coefficient (Wildman–Crippen LogP) is 4.09. The number of carbonyl (C=O) groups excluding carboxylic acids is 1. The number of aromatic nitrogens is 2. The van der Waals surface area contributed by atoms with Gasteiger partial charge in [0, 0.05) is 23.6 Å². The Bertz CT molecular complexity index is 1360. The average Bonchev–Trinajstić information content (AvgIpc) is 3.27. The molecule has 1 aliphatic carbocycles. The Hall–Kier alpha value is -4.14. The largest absolute Gasteiger partial charge is 0.494 e. The summed E-state index contributed by atoms with van der Waals surface area (Å²) in [6, 6.07) is 11.4. The van der Waals surface area contributed by atoms with E-state index in [1.807, 2.05) is 43.3 Å². The van der Waals surface area contributed by atoms with Crippen molar-refractivity contribution in [2.75, 3.05) is 33.3 Å². The summed E-state index contributed by atoms with van der Waals surface area (Å²) in [5, 5.41) is 8.93. The molecule has 0 unspecified atom stereocenters. The molecule has 0 fully saturated rings. The molecule has 2 heterocycles. The highest BCUT2D eigenvalue weighted by atomic mass is 16.5. The smallest absolute Gasteiger partial charge is 0.270 e. The standard InChI is InChI=1S/C27H29N3O6/c1-5-36-17-8-6-14(7-9-17)22-23-18(28-26-24(22)27(32)30-29-26)10-15(11-19(23)31)16-12-20(33-2)25(35-4)21(13-16)34-3/h6-9,12-13,15,22H,5,10-11H2,1-4H3,(H3,28,29,30,32)/t15-,22-/m0/s1. The lowest BCUT2D eigenvalue weighted by atomic mass is 9.72. The van der Waals surface area contributed by atoms with Gasteiger partial charge in [-0.15, -0.1) is 0 Å². The molecule has 0 saturated heterocycles. The van der Waals surface area contributed by atoms with Crippen LogP contribution in [-0.4, -0.2) is 43.9 Å². The molecule has 36 heavy (non-hydrogen) atoms. The molecule has 9 heteroatoms. The Morgan fingerprint density at radius 1 is 0.889 bits per heavy atom. The summed E-state index contributed by atoms with van der Waals surface area (Å²) in [7, 11) is 4.70. The molecule has 9 nitrogen and oxygen atoms in total. The Morgan fingerprint density at radius 3 is 2.19 bits per heavy atom. The second-order valence-corrected chi connectivity index (χ2v) is 8.81. The van der Waals surface area contributed by atoms with E-state index in [0.29, 0.717) is 53.7 Å². The Morgan fingerprint density at radius 2 is 1.58 bits per heavy atom. The summed E-state index contributed by atoms with van der Waals surface area (Å²) < 4.78 is 22.1. The van der Waals surface area contributed by atoms with E-state index in [1.54, 1.807) is 21.3 Å². The zero-order chi connectivity index (χ0) is 25.4. The number of hydrogen-bond donors (Lipinski definition) is 3. The molecule has 188 valence electrons. The molecule has 0 spiro atoms. The Labute approximate surface area is 208 Å². The van der Waals surface area contributed by atoms with E-state index in [9.17, 15) is 9.59 Å². The number of allylic oxidation sites excluding steroid dienone is 2. The van der Waals surface area contributed by atoms with Crippen molar-refractivity contribution in [1.29, 1.82) is 0 Å². The number of carbonyl (C=O) groups is 1. The first-order valence-electron chi connectivity index (χ1n) is 11.8. The second kappa shape index (κ2) is 9.49. The molecule has 3 N–H and O–H groups in total. The van der Waals surface area contributed by atoms with Gasteiger partial charge in [-0.05, 0) is 54.7 Å². The number of fused-ring (bicyclic) bond motifs is 1. The Balaban J connectivity index is 1.57. The monoisotopic (exact) mass is 491 g/mol. The van der Waals surface area contributed by atoms with Gasteiger partial charge in [-0.1, -0.05) is 12.1 Å². The van der Waals surface area contributed by atoms with E-state index >= 15 is 0 Å². The number of nitrogens with one attached hydrogen (secondary N) is 3. The van der Waals surface area contributed by atoms with Crippen molar-refractivity contribution in [3.8, 4) is 23.0 Å². The van der Waals surface area contributed by atoms with Gasteiger partial charge in [0.25, 0.3) is 5.56 Å². The number of rotatable bonds is 7. The minimum atomic E-state index is -0.477. The molecular formula is C27H29N3O6. The van der Waals surface area contributed by atoms with Crippen molar-refractivity contribution in [3.05, 3.63) is 74.7 Å². The number of ketones is 1. The van der Waals surface area contributed by atoms with Gasteiger partial charge in [0.15, 0.2) is 17.3 Å². The first-order valence-corrected chi connectivity index (χ1v) is 11.8. The molecule has 1 aromatic heterocycles. The van der Waals surface area contributed by atoms with Gasteiger partial charge in [0.1, 0.15) is 11.6 Å². The molecule has 0 radical (unpaired) electrons. The topological polar surface area (TPSA) is 115 Å². The lowest BCUT2D eigenvalue weighted by Crippen LogP contribution is -2.31. The number of anilines is 1. The van der Waals surface area contributed by atoms with Gasteiger partial charge < -0.3 is 24.3 Å². The van der Waals surface area contributed by atoms with E-state index in [4.69, 9.17) is 18.9 Å². The second-order valence-electron chi connectivity index (χ2n) is 8.81. The number of methoxy groups -OCH3 is 3. The fourth-order valence-electron chi connectivity index (χ4n) is 5.25. The maximum Gasteiger partial charge on any atom is 0.270 e. The third-order valence-corrected chi connectivity index (χ3v) is 6.86. The lowest BCUT2D eigenvalue weighted by molar-refractivity contribution is -0.116. The number of H-pyrrole nitrogens is 2. The van der Waals surface area contributed by atoms with Crippen molar-refractivity contribution in [2.45, 2.75) is 31.6 Å². The summed E-state index contributed by atoms with van der Waals surface area (Å²) in [6.45, 7) is 2.49. The lowest BCUT2D eigenvalue weighted by Gasteiger charge is -2.34. The normalized spacial score (nSPS) is 18.7. The Kier molecular flexibility index (Phi) is 6.22. The highest BCUT2D eigenvalue weighted by Crippen LogP contribution is 2.48. The minimum Gasteiger partial charge on any atom is -0.494 e. The van der Waals surface area contributed by atoms with Crippen LogP contribution < -0.4 is 29.8 Å². The summed E-state index contributed by atoms with van der Waals surface area (Å²) in [4.78, 5) is 26.5. The van der Waals surface area contributed by atoms with Crippen molar-refractivity contribution >= 4 is 11.6 Å². The predicted molar refractivity (Wildman–Crippen MR) is 135 cm³/mol. The van der Waals surface area contributed by atoms with Gasteiger partial charge in [0.05, 0.1) is 33.5 Å². The summed E-state index contributed by atoms with van der Waals surface area (Å²) in [5.74, 6) is 2.32. The van der Waals surface area contributed by atoms with Crippen molar-refractivity contribution < 1.29 is 23.7 Å². The molecule has 2 aliphatic rings. The molecule has 2 aromatic carbocycles. The van der Waals surface area contributed by atoms with Gasteiger partial charge >= 0.3 is 0 Å². The molecule has 0 saturated carbocycles. The van der Waals surface area contributed by atoms with Crippen molar-refractivity contribution in [2.24, 2.45) is 0 Å². The van der Waals surface area contributed by atoms with Crippen LogP contribution in [0.25, 0.3) is 0 Å². The van der Waals surface area contributed by atoms with Crippen molar-refractivity contribution in [1.82, 2.24) is 10.2 Å². The SMILES string of the molecule is CCOc1ccc([C@H]2C3=C(C[C@H](c4cc(OC)c(OC)c(OC)c4)CC3=O)Nc3[nH][nH]c(=O)c32)cc1. The van der Waals surface area contributed by atoms with E-state index < -0.39 is 5.92 Å². The first kappa shape index (κ1) is 23.6. The van der Waals surface area contributed by atoms with E-state index in [0.717, 1.165) is 22.6 Å². The molecule has 3 aromatic rings. The summed E-state index contributed by atoms with van der Waals surface area (Å²) >= 11 is 0. The zero-order valence-corrected chi connectivity index (χ0v) is 20.7. The van der Waals surface area contributed by atoms with Crippen LogP contribution in [0.15, 0.2) is 52.5 Å². The average molecular weight is 492 g/mol. The first-order chi connectivity index (χ1) is 17.5. The maximum atomic E-state index is 13.7. The number of Topliss-reactive ketones (excluding diaryl/α,β-unsaturated/α-hetero) is 1. The van der Waals surface area contributed by atoms with Crippen LogP contribution in [0.1, 0.15) is 48.3 Å². The van der Waals surface area contributed by atoms with Gasteiger partial charge in [-0.25, -0.2) is 0 Å². The fourth-order valence-corrected chi connectivity index (χ4v) is 5.25.